The quantitative estimate of drug-likeness (QED) is 0.897. The third-order valence-electron chi connectivity index (χ3n) is 2.24. The van der Waals surface area contributed by atoms with E-state index in [4.69, 9.17) is 0 Å². The fourth-order valence-corrected chi connectivity index (χ4v) is 2.25. The van der Waals surface area contributed by atoms with Gasteiger partial charge >= 0.3 is 0 Å². The monoisotopic (exact) mass is 357 g/mol. The molecular formula is C11H9Br2N3O. The number of rotatable bonds is 2. The first-order valence-corrected chi connectivity index (χ1v) is 6.60. The molecule has 0 fully saturated rings. The minimum atomic E-state index is -0.174. The molecule has 2 aromatic rings. The molecule has 0 spiro atoms. The number of halogens is 2. The van der Waals surface area contributed by atoms with Gasteiger partial charge in [0.1, 0.15) is 10.3 Å². The summed E-state index contributed by atoms with van der Waals surface area (Å²) in [6.07, 6.45) is 4.04. The Hall–Kier alpha value is -1.01. The van der Waals surface area contributed by atoms with Crippen molar-refractivity contribution in [1.29, 1.82) is 0 Å². The van der Waals surface area contributed by atoms with Crippen LogP contribution in [-0.2, 0) is 6.42 Å². The van der Waals surface area contributed by atoms with Crippen LogP contribution in [0.1, 0.15) is 12.6 Å². The third kappa shape index (κ3) is 2.63. The number of nitrogens with one attached hydrogen (secondary N) is 1. The number of hydrogen-bond donors (Lipinski definition) is 1. The van der Waals surface area contributed by atoms with Crippen LogP contribution in [0.25, 0.3) is 11.4 Å². The molecule has 0 radical (unpaired) electrons. The standard InChI is InChI=1S/C11H9Br2N3O/c1-2-8-9(13)11(17)16-10(15-8)6-3-7(12)5-14-4-6/h3-5H,2H2,1H3,(H,15,16,17). The highest BCUT2D eigenvalue weighted by atomic mass is 79.9. The summed E-state index contributed by atoms with van der Waals surface area (Å²) in [7, 11) is 0. The van der Waals surface area contributed by atoms with Crippen molar-refractivity contribution in [3.63, 3.8) is 0 Å². The lowest BCUT2D eigenvalue weighted by Gasteiger charge is -2.05. The van der Waals surface area contributed by atoms with Crippen LogP contribution in [0.5, 0.6) is 0 Å². The van der Waals surface area contributed by atoms with Crippen LogP contribution in [0, 0.1) is 0 Å². The molecule has 0 atom stereocenters. The molecule has 0 aliphatic rings. The summed E-state index contributed by atoms with van der Waals surface area (Å²) in [6, 6.07) is 1.86. The van der Waals surface area contributed by atoms with Crippen molar-refractivity contribution in [1.82, 2.24) is 15.0 Å². The van der Waals surface area contributed by atoms with Crippen LogP contribution in [0.15, 0.2) is 32.2 Å². The van der Waals surface area contributed by atoms with E-state index < -0.39 is 0 Å². The van der Waals surface area contributed by atoms with Crippen molar-refractivity contribution in [2.75, 3.05) is 0 Å². The van der Waals surface area contributed by atoms with E-state index in [2.05, 4.69) is 46.8 Å². The van der Waals surface area contributed by atoms with E-state index in [0.717, 1.165) is 15.7 Å². The topological polar surface area (TPSA) is 58.6 Å². The highest BCUT2D eigenvalue weighted by Gasteiger charge is 2.09. The molecule has 0 unspecified atom stereocenters. The molecule has 1 N–H and O–H groups in total. The number of aromatic amines is 1. The molecule has 2 aromatic heterocycles. The maximum Gasteiger partial charge on any atom is 0.265 e. The average molecular weight is 359 g/mol. The molecular weight excluding hydrogens is 350 g/mol. The Morgan fingerprint density at radius 1 is 1.35 bits per heavy atom. The van der Waals surface area contributed by atoms with Crippen LogP contribution < -0.4 is 5.56 Å². The first-order valence-electron chi connectivity index (χ1n) is 5.01. The van der Waals surface area contributed by atoms with Crippen molar-refractivity contribution in [3.05, 3.63) is 43.5 Å². The summed E-state index contributed by atoms with van der Waals surface area (Å²) >= 11 is 6.57. The Labute approximate surface area is 115 Å². The van der Waals surface area contributed by atoms with Crippen LogP contribution >= 0.6 is 31.9 Å². The predicted octanol–water partition coefficient (Wildman–Crippen LogP) is 2.92. The Morgan fingerprint density at radius 3 is 2.76 bits per heavy atom. The lowest BCUT2D eigenvalue weighted by Crippen LogP contribution is -2.13. The smallest absolute Gasteiger partial charge is 0.265 e. The molecule has 0 bridgehead atoms. The van der Waals surface area contributed by atoms with Crippen molar-refractivity contribution >= 4 is 31.9 Å². The summed E-state index contributed by atoms with van der Waals surface area (Å²) in [6.45, 7) is 1.95. The summed E-state index contributed by atoms with van der Waals surface area (Å²) in [5.41, 5.74) is 1.34. The molecule has 2 rings (SSSR count). The highest BCUT2D eigenvalue weighted by molar-refractivity contribution is 9.10. The van der Waals surface area contributed by atoms with E-state index >= 15 is 0 Å². The van der Waals surface area contributed by atoms with Crippen molar-refractivity contribution in [2.24, 2.45) is 0 Å². The largest absolute Gasteiger partial charge is 0.305 e. The zero-order valence-electron chi connectivity index (χ0n) is 9.00. The molecule has 0 saturated carbocycles. The van der Waals surface area contributed by atoms with Gasteiger partial charge in [-0.1, -0.05) is 6.92 Å². The Bertz CT molecular complexity index is 610. The van der Waals surface area contributed by atoms with Gasteiger partial charge in [-0.2, -0.15) is 0 Å². The van der Waals surface area contributed by atoms with Crippen LogP contribution in [-0.4, -0.2) is 15.0 Å². The number of hydrogen-bond acceptors (Lipinski definition) is 3. The van der Waals surface area contributed by atoms with Gasteiger partial charge in [0.25, 0.3) is 5.56 Å². The summed E-state index contributed by atoms with van der Waals surface area (Å²) in [5, 5.41) is 0. The van der Waals surface area contributed by atoms with Gasteiger partial charge in [0.05, 0.1) is 5.69 Å². The molecule has 0 saturated heterocycles. The molecule has 17 heavy (non-hydrogen) atoms. The van der Waals surface area contributed by atoms with Gasteiger partial charge in [0, 0.05) is 22.4 Å². The second kappa shape index (κ2) is 5.10. The molecule has 2 heterocycles. The SMILES string of the molecule is CCc1nc(-c2cncc(Br)c2)[nH]c(=O)c1Br. The molecule has 4 nitrogen and oxygen atoms in total. The first-order chi connectivity index (χ1) is 8.11. The van der Waals surface area contributed by atoms with E-state index in [9.17, 15) is 4.79 Å². The zero-order valence-corrected chi connectivity index (χ0v) is 12.2. The number of H-pyrrole nitrogens is 1. The van der Waals surface area contributed by atoms with E-state index in [1.54, 1.807) is 12.4 Å². The number of aromatic nitrogens is 3. The first kappa shape index (κ1) is 12.4. The van der Waals surface area contributed by atoms with Gasteiger partial charge < -0.3 is 4.98 Å². The summed E-state index contributed by atoms with van der Waals surface area (Å²) < 4.78 is 1.34. The lowest BCUT2D eigenvalue weighted by atomic mass is 10.2. The normalized spacial score (nSPS) is 10.5. The minimum Gasteiger partial charge on any atom is -0.305 e. The van der Waals surface area contributed by atoms with Crippen molar-refractivity contribution in [2.45, 2.75) is 13.3 Å². The Morgan fingerprint density at radius 2 is 2.12 bits per heavy atom. The van der Waals surface area contributed by atoms with Crippen molar-refractivity contribution in [3.8, 4) is 11.4 Å². The second-order valence-electron chi connectivity index (χ2n) is 3.42. The molecule has 88 valence electrons. The zero-order chi connectivity index (χ0) is 12.4. The molecule has 0 aliphatic heterocycles. The predicted molar refractivity (Wildman–Crippen MR) is 72.9 cm³/mol. The number of pyridine rings is 1. The van der Waals surface area contributed by atoms with E-state index in [1.807, 2.05) is 13.0 Å². The highest BCUT2D eigenvalue weighted by Crippen LogP contribution is 2.19. The number of nitrogens with zero attached hydrogens (tertiary/aromatic N) is 2. The fourth-order valence-electron chi connectivity index (χ4n) is 1.42. The molecule has 0 amide bonds. The van der Waals surface area contributed by atoms with E-state index in [-0.39, 0.29) is 5.56 Å². The van der Waals surface area contributed by atoms with Gasteiger partial charge in [-0.05, 0) is 44.3 Å². The fraction of sp³-hybridized carbons (Fsp3) is 0.182. The van der Waals surface area contributed by atoms with Gasteiger partial charge in [-0.25, -0.2) is 4.98 Å². The van der Waals surface area contributed by atoms with Gasteiger partial charge in [-0.3, -0.25) is 9.78 Å². The summed E-state index contributed by atoms with van der Waals surface area (Å²) in [4.78, 5) is 22.9. The van der Waals surface area contributed by atoms with Gasteiger partial charge in [0.15, 0.2) is 0 Å². The second-order valence-corrected chi connectivity index (χ2v) is 5.13. The van der Waals surface area contributed by atoms with Crippen LogP contribution in [0.4, 0.5) is 0 Å². The molecule has 0 aliphatic carbocycles. The van der Waals surface area contributed by atoms with E-state index in [0.29, 0.717) is 16.7 Å². The van der Waals surface area contributed by atoms with E-state index in [1.165, 1.54) is 0 Å². The van der Waals surface area contributed by atoms with Crippen molar-refractivity contribution < 1.29 is 0 Å². The van der Waals surface area contributed by atoms with Crippen LogP contribution in [0.3, 0.4) is 0 Å². The maximum absolute atomic E-state index is 11.7. The summed E-state index contributed by atoms with van der Waals surface area (Å²) in [5.74, 6) is 0.531. The third-order valence-corrected chi connectivity index (χ3v) is 3.50. The Balaban J connectivity index is 2.61. The maximum atomic E-state index is 11.7. The number of aryl methyl sites for hydroxylation is 1. The van der Waals surface area contributed by atoms with Gasteiger partial charge in [-0.15, -0.1) is 0 Å². The van der Waals surface area contributed by atoms with Gasteiger partial charge in [0.2, 0.25) is 0 Å². The Kier molecular flexibility index (Phi) is 3.73. The molecule has 0 aromatic carbocycles. The minimum absolute atomic E-state index is 0.174. The molecule has 6 heteroatoms. The average Bonchev–Trinajstić information content (AvgIpc) is 2.32. The lowest BCUT2D eigenvalue weighted by molar-refractivity contribution is 0.969. The van der Waals surface area contributed by atoms with Crippen LogP contribution in [0.2, 0.25) is 0 Å².